The van der Waals surface area contributed by atoms with Crippen molar-refractivity contribution in [1.29, 1.82) is 0 Å². The van der Waals surface area contributed by atoms with Gasteiger partial charge in [-0.15, -0.1) is 0 Å². The van der Waals surface area contributed by atoms with Crippen LogP contribution in [0.3, 0.4) is 0 Å². The van der Waals surface area contributed by atoms with E-state index in [2.05, 4.69) is 32.9 Å². The van der Waals surface area contributed by atoms with E-state index < -0.39 is 5.97 Å². The molecule has 1 aromatic carbocycles. The summed E-state index contributed by atoms with van der Waals surface area (Å²) >= 11 is 0. The van der Waals surface area contributed by atoms with Gasteiger partial charge >= 0.3 is 5.97 Å². The molecule has 2 rings (SSSR count). The third kappa shape index (κ3) is 4.87. The number of carboxylic acids is 1. The molecule has 26 heavy (non-hydrogen) atoms. The molecular weight excluding hydrogens is 324 g/mol. The average molecular weight is 354 g/mol. The molecule has 0 fully saturated rings. The molecule has 1 aliphatic carbocycles. The topological polar surface area (TPSA) is 46.5 Å². The molecule has 140 valence electrons. The number of benzene rings is 1. The fraction of sp³-hybridized carbons (Fsp3) is 0.435. The number of methoxy groups -OCH3 is 1. The normalized spacial score (nSPS) is 17.3. The van der Waals surface area contributed by atoms with Crippen LogP contribution in [0, 0.1) is 12.3 Å². The van der Waals surface area contributed by atoms with Crippen molar-refractivity contribution in [3.05, 3.63) is 52.6 Å². The van der Waals surface area contributed by atoms with Crippen molar-refractivity contribution in [1.82, 2.24) is 0 Å². The Balaban J connectivity index is 2.53. The highest BCUT2D eigenvalue weighted by atomic mass is 16.5. The van der Waals surface area contributed by atoms with Gasteiger partial charge < -0.3 is 9.84 Å². The molecule has 0 aliphatic heterocycles. The minimum absolute atomic E-state index is 0.285. The van der Waals surface area contributed by atoms with E-state index in [1.807, 2.05) is 19.1 Å². The lowest BCUT2D eigenvalue weighted by Crippen LogP contribution is -2.14. The molecule has 0 heterocycles. The van der Waals surface area contributed by atoms with E-state index in [1.165, 1.54) is 5.57 Å². The van der Waals surface area contributed by atoms with Crippen molar-refractivity contribution in [2.45, 2.75) is 53.4 Å². The van der Waals surface area contributed by atoms with E-state index in [4.69, 9.17) is 4.74 Å². The lowest BCUT2D eigenvalue weighted by atomic mass is 9.76. The second kappa shape index (κ2) is 8.39. The van der Waals surface area contributed by atoms with Crippen LogP contribution in [0.2, 0.25) is 0 Å². The van der Waals surface area contributed by atoms with Gasteiger partial charge in [0.2, 0.25) is 0 Å². The molecule has 0 aromatic heterocycles. The predicted molar refractivity (Wildman–Crippen MR) is 108 cm³/mol. The zero-order valence-electron chi connectivity index (χ0n) is 16.6. The molecule has 0 radical (unpaired) electrons. The summed E-state index contributed by atoms with van der Waals surface area (Å²) in [6, 6.07) is 3.98. The van der Waals surface area contributed by atoms with Crippen molar-refractivity contribution >= 4 is 17.6 Å². The van der Waals surface area contributed by atoms with Crippen LogP contribution in [-0.2, 0) is 4.79 Å². The smallest absolute Gasteiger partial charge is 0.335 e. The van der Waals surface area contributed by atoms with Crippen LogP contribution >= 0.6 is 0 Å². The van der Waals surface area contributed by atoms with Crippen molar-refractivity contribution < 1.29 is 14.6 Å². The van der Waals surface area contributed by atoms with Crippen LogP contribution in [0.25, 0.3) is 11.6 Å². The van der Waals surface area contributed by atoms with Crippen LogP contribution in [-0.4, -0.2) is 18.2 Å². The fourth-order valence-corrected chi connectivity index (χ4v) is 3.23. The Kier molecular flexibility index (Phi) is 6.47. The molecule has 1 aliphatic rings. The Bertz CT molecular complexity index is 764. The van der Waals surface area contributed by atoms with Gasteiger partial charge in [0.15, 0.2) is 0 Å². The van der Waals surface area contributed by atoms with E-state index in [-0.39, 0.29) is 5.57 Å². The number of allylic oxidation sites excluding steroid dienone is 3. The van der Waals surface area contributed by atoms with Crippen LogP contribution in [0.15, 0.2) is 35.9 Å². The van der Waals surface area contributed by atoms with Gasteiger partial charge in [-0.2, -0.15) is 0 Å². The first-order valence-electron chi connectivity index (χ1n) is 9.27. The number of hydrogen-bond acceptors (Lipinski definition) is 2. The van der Waals surface area contributed by atoms with Gasteiger partial charge in [0, 0.05) is 0 Å². The summed E-state index contributed by atoms with van der Waals surface area (Å²) in [6.07, 6.45) is 11.6. The minimum atomic E-state index is -0.919. The van der Waals surface area contributed by atoms with Gasteiger partial charge in [0.1, 0.15) is 5.75 Å². The highest BCUT2D eigenvalue weighted by Crippen LogP contribution is 2.40. The summed E-state index contributed by atoms with van der Waals surface area (Å²) in [7, 11) is 1.65. The molecule has 3 heteroatoms. The largest absolute Gasteiger partial charge is 0.497 e. The molecule has 0 saturated heterocycles. The van der Waals surface area contributed by atoms with Crippen molar-refractivity contribution in [3.8, 4) is 5.75 Å². The third-order valence-electron chi connectivity index (χ3n) is 5.07. The molecule has 0 atom stereocenters. The minimum Gasteiger partial charge on any atom is -0.497 e. The van der Waals surface area contributed by atoms with Gasteiger partial charge in [-0.25, -0.2) is 4.79 Å². The maximum absolute atomic E-state index is 11.6. The van der Waals surface area contributed by atoms with Crippen LogP contribution < -0.4 is 4.74 Å². The summed E-state index contributed by atoms with van der Waals surface area (Å²) in [5, 5.41) is 9.49. The van der Waals surface area contributed by atoms with Crippen LogP contribution in [0.1, 0.15) is 63.1 Å². The molecular formula is C23H30O3. The SMILES string of the molecule is CC/C=C/C(=C\c1cc(OC)cc(C2=CCC(C)(C)CC2)c1C)C(=O)O. The number of carboxylic acid groups (broad SMARTS) is 1. The standard InChI is InChI=1S/C23H30O3/c1-6-7-8-18(22(24)25)13-19-14-20(26-5)15-21(16(19)2)17-9-11-23(3,4)12-10-17/h7-9,13-15H,6,10-12H2,1-5H3,(H,24,25)/b8-7+,18-13+. The molecule has 0 saturated carbocycles. The van der Waals surface area contributed by atoms with Crippen molar-refractivity contribution in [3.63, 3.8) is 0 Å². The van der Waals surface area contributed by atoms with Gasteiger partial charge in [-0.1, -0.05) is 39.0 Å². The van der Waals surface area contributed by atoms with Gasteiger partial charge in [-0.3, -0.25) is 0 Å². The Morgan fingerprint density at radius 2 is 2.08 bits per heavy atom. The first kappa shape index (κ1) is 20.0. The van der Waals surface area contributed by atoms with E-state index >= 15 is 0 Å². The maximum atomic E-state index is 11.6. The summed E-state index contributed by atoms with van der Waals surface area (Å²) in [5.74, 6) is -0.163. The summed E-state index contributed by atoms with van der Waals surface area (Å²) in [5.41, 5.74) is 5.11. The lowest BCUT2D eigenvalue weighted by molar-refractivity contribution is -0.132. The Hall–Kier alpha value is -2.29. The average Bonchev–Trinajstić information content (AvgIpc) is 2.60. The zero-order valence-corrected chi connectivity index (χ0v) is 16.6. The van der Waals surface area contributed by atoms with Crippen molar-refractivity contribution in [2.24, 2.45) is 5.41 Å². The van der Waals surface area contributed by atoms with E-state index in [9.17, 15) is 9.90 Å². The monoisotopic (exact) mass is 354 g/mol. The number of carbonyl (C=O) groups is 1. The molecule has 3 nitrogen and oxygen atoms in total. The molecule has 1 N–H and O–H groups in total. The summed E-state index contributed by atoms with van der Waals surface area (Å²) in [4.78, 5) is 11.6. The Labute approximate surface area is 157 Å². The first-order valence-corrected chi connectivity index (χ1v) is 9.27. The molecule has 0 spiro atoms. The predicted octanol–water partition coefficient (Wildman–Crippen LogP) is 6.03. The van der Waals surface area contributed by atoms with Gasteiger partial charge in [0.05, 0.1) is 12.7 Å². The zero-order chi connectivity index (χ0) is 19.3. The van der Waals surface area contributed by atoms with Crippen molar-refractivity contribution in [2.75, 3.05) is 7.11 Å². The summed E-state index contributed by atoms with van der Waals surface area (Å²) < 4.78 is 5.48. The number of aliphatic carboxylic acids is 1. The second-order valence-electron chi connectivity index (χ2n) is 7.70. The maximum Gasteiger partial charge on any atom is 0.335 e. The number of rotatable bonds is 6. The van der Waals surface area contributed by atoms with E-state index in [0.717, 1.165) is 48.1 Å². The highest BCUT2D eigenvalue weighted by molar-refractivity contribution is 5.96. The first-order chi connectivity index (χ1) is 12.3. The van der Waals surface area contributed by atoms with Gasteiger partial charge in [0.25, 0.3) is 0 Å². The Morgan fingerprint density at radius 3 is 2.62 bits per heavy atom. The molecule has 0 unspecified atom stereocenters. The molecule has 0 bridgehead atoms. The fourth-order valence-electron chi connectivity index (χ4n) is 3.23. The van der Waals surface area contributed by atoms with Crippen LogP contribution in [0.4, 0.5) is 0 Å². The highest BCUT2D eigenvalue weighted by Gasteiger charge is 2.23. The van der Waals surface area contributed by atoms with Crippen LogP contribution in [0.5, 0.6) is 5.75 Å². The Morgan fingerprint density at radius 1 is 1.35 bits per heavy atom. The van der Waals surface area contributed by atoms with Gasteiger partial charge in [-0.05, 0) is 78.5 Å². The number of ether oxygens (including phenoxy) is 1. The third-order valence-corrected chi connectivity index (χ3v) is 5.07. The number of hydrogen-bond donors (Lipinski definition) is 1. The quantitative estimate of drug-likeness (QED) is 0.501. The lowest BCUT2D eigenvalue weighted by Gasteiger charge is -2.29. The van der Waals surface area contributed by atoms with E-state index in [1.54, 1.807) is 19.3 Å². The molecule has 0 amide bonds. The summed E-state index contributed by atoms with van der Waals surface area (Å²) in [6.45, 7) is 8.64. The second-order valence-corrected chi connectivity index (χ2v) is 7.70. The van der Waals surface area contributed by atoms with E-state index in [0.29, 0.717) is 5.41 Å². The molecule has 1 aromatic rings.